The van der Waals surface area contributed by atoms with Gasteiger partial charge in [-0.2, -0.15) is 4.31 Å². The highest BCUT2D eigenvalue weighted by molar-refractivity contribution is 7.89. The molecule has 1 aliphatic carbocycles. The third kappa shape index (κ3) is 6.07. The Morgan fingerprint density at radius 3 is 2.16 bits per heavy atom. The molecule has 1 aromatic carbocycles. The molecule has 2 fully saturated rings. The van der Waals surface area contributed by atoms with Gasteiger partial charge in [0.15, 0.2) is 6.61 Å². The molecule has 0 bridgehead atoms. The summed E-state index contributed by atoms with van der Waals surface area (Å²) in [5.41, 5.74) is 0.713. The van der Waals surface area contributed by atoms with Gasteiger partial charge < -0.3 is 10.1 Å². The minimum atomic E-state index is -3.48. The topological polar surface area (TPSA) is 92.8 Å². The Morgan fingerprint density at radius 1 is 1.03 bits per heavy atom. The Bertz CT molecular complexity index is 876. The number of carbonyl (C=O) groups excluding carboxylic acids is 2. The van der Waals surface area contributed by atoms with E-state index in [0.717, 1.165) is 38.5 Å². The lowest BCUT2D eigenvalue weighted by Crippen LogP contribution is -2.31. The number of carbonyl (C=O) groups is 2. The molecule has 0 radical (unpaired) electrons. The molecule has 3 rings (SSSR count). The van der Waals surface area contributed by atoms with Gasteiger partial charge in [0, 0.05) is 18.8 Å². The summed E-state index contributed by atoms with van der Waals surface area (Å²) in [6, 6.07) is 6.08. The quantitative estimate of drug-likeness (QED) is 0.666. The van der Waals surface area contributed by atoms with Crippen molar-refractivity contribution in [1.82, 2.24) is 4.31 Å². The molecule has 1 amide bonds. The molecule has 0 unspecified atom stereocenters. The molecular formula is C23H34N2O5S. The molecule has 1 aliphatic heterocycles. The molecule has 0 aromatic heterocycles. The zero-order valence-corrected chi connectivity index (χ0v) is 19.5. The number of nitrogens with zero attached hydrogens (tertiary/aromatic N) is 1. The van der Waals surface area contributed by atoms with E-state index in [0.29, 0.717) is 24.7 Å². The minimum Gasteiger partial charge on any atom is -0.455 e. The summed E-state index contributed by atoms with van der Waals surface area (Å²) in [4.78, 5) is 24.7. The van der Waals surface area contributed by atoms with E-state index in [1.807, 2.05) is 0 Å². The summed E-state index contributed by atoms with van der Waals surface area (Å²) in [5, 5.41) is 2.65. The lowest BCUT2D eigenvalue weighted by Gasteiger charge is -2.36. The Balaban J connectivity index is 1.45. The molecule has 172 valence electrons. The largest absolute Gasteiger partial charge is 0.455 e. The van der Waals surface area contributed by atoms with E-state index in [-0.39, 0.29) is 28.8 Å². The van der Waals surface area contributed by atoms with Crippen LogP contribution in [0.4, 0.5) is 5.69 Å². The fourth-order valence-corrected chi connectivity index (χ4v) is 5.95. The van der Waals surface area contributed by atoms with Crippen LogP contribution < -0.4 is 5.32 Å². The van der Waals surface area contributed by atoms with Gasteiger partial charge in [-0.05, 0) is 74.1 Å². The van der Waals surface area contributed by atoms with Crippen LogP contribution >= 0.6 is 0 Å². The van der Waals surface area contributed by atoms with Crippen LogP contribution in [-0.2, 0) is 24.3 Å². The summed E-state index contributed by atoms with van der Waals surface area (Å²) in [6.45, 7) is 7.44. The van der Waals surface area contributed by atoms with Gasteiger partial charge in [0.2, 0.25) is 10.0 Å². The molecular weight excluding hydrogens is 416 g/mol. The highest BCUT2D eigenvalue weighted by atomic mass is 32.2. The van der Waals surface area contributed by atoms with Crippen molar-refractivity contribution in [3.8, 4) is 0 Å². The van der Waals surface area contributed by atoms with Gasteiger partial charge in [-0.25, -0.2) is 8.42 Å². The summed E-state index contributed by atoms with van der Waals surface area (Å²) >= 11 is 0. The van der Waals surface area contributed by atoms with E-state index >= 15 is 0 Å². The van der Waals surface area contributed by atoms with Crippen molar-refractivity contribution in [3.05, 3.63) is 24.3 Å². The number of esters is 1. The average molecular weight is 451 g/mol. The third-order valence-electron chi connectivity index (χ3n) is 6.47. The van der Waals surface area contributed by atoms with Crippen molar-refractivity contribution in [2.75, 3.05) is 25.0 Å². The zero-order valence-electron chi connectivity index (χ0n) is 18.7. The Labute approximate surface area is 185 Å². The standard InChI is InChI=1S/C23H34N2O5S/c1-23(2,3)18-8-6-17(7-9-18)22(27)30-16-21(26)24-19-10-12-20(13-11-19)31(28,29)25-14-4-5-15-25/h10-13,17-18H,4-9,14-16H2,1-3H3,(H,24,26). The maximum atomic E-state index is 12.6. The second-order valence-electron chi connectivity index (χ2n) is 9.71. The molecule has 0 spiro atoms. The number of hydrogen-bond donors (Lipinski definition) is 1. The molecule has 31 heavy (non-hydrogen) atoms. The van der Waals surface area contributed by atoms with Crippen LogP contribution in [0.2, 0.25) is 0 Å². The van der Waals surface area contributed by atoms with Gasteiger partial charge in [-0.1, -0.05) is 20.8 Å². The van der Waals surface area contributed by atoms with E-state index in [4.69, 9.17) is 4.74 Å². The van der Waals surface area contributed by atoms with E-state index in [2.05, 4.69) is 26.1 Å². The van der Waals surface area contributed by atoms with Crippen LogP contribution in [-0.4, -0.2) is 44.3 Å². The predicted octanol–water partition coefficient (Wildman–Crippen LogP) is 3.81. The lowest BCUT2D eigenvalue weighted by molar-refractivity contribution is -0.153. The van der Waals surface area contributed by atoms with Crippen LogP contribution in [0.3, 0.4) is 0 Å². The second kappa shape index (κ2) is 9.69. The number of nitrogens with one attached hydrogen (secondary N) is 1. The first-order valence-corrected chi connectivity index (χ1v) is 12.6. The molecule has 1 saturated heterocycles. The Kier molecular flexibility index (Phi) is 7.42. The highest BCUT2D eigenvalue weighted by Gasteiger charge is 2.33. The molecule has 7 nitrogen and oxygen atoms in total. The lowest BCUT2D eigenvalue weighted by atomic mass is 9.70. The fraction of sp³-hybridized carbons (Fsp3) is 0.652. The maximum absolute atomic E-state index is 12.6. The molecule has 1 saturated carbocycles. The number of anilines is 1. The van der Waals surface area contributed by atoms with E-state index in [1.54, 1.807) is 12.1 Å². The average Bonchev–Trinajstić information content (AvgIpc) is 3.28. The molecule has 2 aliphatic rings. The van der Waals surface area contributed by atoms with E-state index < -0.39 is 15.9 Å². The van der Waals surface area contributed by atoms with Crippen LogP contribution in [0.25, 0.3) is 0 Å². The van der Waals surface area contributed by atoms with Gasteiger partial charge in [0.1, 0.15) is 0 Å². The van der Waals surface area contributed by atoms with Crippen LogP contribution in [0.15, 0.2) is 29.2 Å². The smallest absolute Gasteiger partial charge is 0.309 e. The third-order valence-corrected chi connectivity index (χ3v) is 8.38. The zero-order chi connectivity index (χ0) is 22.6. The predicted molar refractivity (Wildman–Crippen MR) is 119 cm³/mol. The van der Waals surface area contributed by atoms with Crippen LogP contribution in [0.5, 0.6) is 0 Å². The SMILES string of the molecule is CC(C)(C)C1CCC(C(=O)OCC(=O)Nc2ccc(S(=O)(=O)N3CCCC3)cc2)CC1. The molecule has 0 atom stereocenters. The van der Waals surface area contributed by atoms with Crippen molar-refractivity contribution in [1.29, 1.82) is 0 Å². The summed E-state index contributed by atoms with van der Waals surface area (Å²) < 4.78 is 31.8. The molecule has 1 aromatic rings. The van der Waals surface area contributed by atoms with Crippen molar-refractivity contribution in [2.24, 2.45) is 17.3 Å². The van der Waals surface area contributed by atoms with E-state index in [1.165, 1.54) is 16.4 Å². The first-order chi connectivity index (χ1) is 14.6. The normalized spacial score (nSPS) is 22.8. The van der Waals surface area contributed by atoms with Crippen molar-refractivity contribution < 1.29 is 22.7 Å². The summed E-state index contributed by atoms with van der Waals surface area (Å²) in [5.74, 6) is -0.278. The number of ether oxygens (including phenoxy) is 1. The van der Waals surface area contributed by atoms with Crippen LogP contribution in [0, 0.1) is 17.3 Å². The number of rotatable bonds is 6. The highest BCUT2D eigenvalue weighted by Crippen LogP contribution is 2.40. The van der Waals surface area contributed by atoms with Gasteiger partial charge in [-0.3, -0.25) is 9.59 Å². The summed E-state index contributed by atoms with van der Waals surface area (Å²) in [7, 11) is -3.48. The number of amides is 1. The molecule has 1 heterocycles. The number of hydrogen-bond acceptors (Lipinski definition) is 5. The molecule has 1 N–H and O–H groups in total. The molecule has 8 heteroatoms. The number of benzene rings is 1. The summed E-state index contributed by atoms with van der Waals surface area (Å²) in [6.07, 6.45) is 5.36. The van der Waals surface area contributed by atoms with Gasteiger partial charge in [-0.15, -0.1) is 0 Å². The Morgan fingerprint density at radius 2 is 1.61 bits per heavy atom. The van der Waals surface area contributed by atoms with Gasteiger partial charge >= 0.3 is 5.97 Å². The van der Waals surface area contributed by atoms with E-state index in [9.17, 15) is 18.0 Å². The van der Waals surface area contributed by atoms with Crippen molar-refractivity contribution in [2.45, 2.75) is 64.2 Å². The van der Waals surface area contributed by atoms with Crippen molar-refractivity contribution >= 4 is 27.6 Å². The van der Waals surface area contributed by atoms with Gasteiger partial charge in [0.25, 0.3) is 5.91 Å². The van der Waals surface area contributed by atoms with Crippen LogP contribution in [0.1, 0.15) is 59.3 Å². The monoisotopic (exact) mass is 450 g/mol. The van der Waals surface area contributed by atoms with Crippen molar-refractivity contribution in [3.63, 3.8) is 0 Å². The minimum absolute atomic E-state index is 0.138. The maximum Gasteiger partial charge on any atom is 0.309 e. The Hall–Kier alpha value is -1.93. The second-order valence-corrected chi connectivity index (χ2v) is 11.6. The fourth-order valence-electron chi connectivity index (χ4n) is 4.43. The first-order valence-electron chi connectivity index (χ1n) is 11.1. The van der Waals surface area contributed by atoms with Gasteiger partial charge in [0.05, 0.1) is 10.8 Å². The number of sulfonamides is 1. The first kappa shape index (κ1) is 23.7.